The van der Waals surface area contributed by atoms with Crippen molar-refractivity contribution in [2.24, 2.45) is 5.73 Å². The molecule has 2 rings (SSSR count). The molecule has 0 saturated carbocycles. The van der Waals surface area contributed by atoms with Crippen LogP contribution in [0.2, 0.25) is 0 Å². The monoisotopic (exact) mass is 223 g/mol. The van der Waals surface area contributed by atoms with Crippen LogP contribution in [0.15, 0.2) is 6.20 Å². The normalized spacial score (nSPS) is 21.3. The van der Waals surface area contributed by atoms with E-state index >= 15 is 0 Å². The first-order valence-corrected chi connectivity index (χ1v) is 5.58. The van der Waals surface area contributed by atoms with Crippen LogP contribution in [-0.4, -0.2) is 15.7 Å². The Morgan fingerprint density at radius 2 is 2.50 bits per heavy atom. The minimum absolute atomic E-state index is 0.0713. The van der Waals surface area contributed by atoms with Gasteiger partial charge in [-0.3, -0.25) is 4.79 Å². The molecular weight excluding hydrogens is 206 g/mol. The van der Waals surface area contributed by atoms with Gasteiger partial charge in [-0.25, -0.2) is 4.68 Å². The van der Waals surface area contributed by atoms with Gasteiger partial charge in [-0.1, -0.05) is 0 Å². The number of nitrogens with two attached hydrogens (primary N) is 1. The largest absolute Gasteiger partial charge is 0.440 e. The molecule has 1 aliphatic carbocycles. The predicted octanol–water partition coefficient (Wildman–Crippen LogP) is 1.30. The maximum atomic E-state index is 10.9. The Labute approximate surface area is 94.6 Å². The maximum Gasteiger partial charge on any atom is 0.304 e. The molecule has 0 bridgehead atoms. The Hall–Kier alpha value is -1.36. The number of hydrogen-bond donors (Lipinski definition) is 1. The third-order valence-electron chi connectivity index (χ3n) is 2.94. The maximum absolute atomic E-state index is 10.9. The van der Waals surface area contributed by atoms with Crippen molar-refractivity contribution in [1.29, 1.82) is 0 Å². The summed E-state index contributed by atoms with van der Waals surface area (Å²) in [6.45, 7) is 3.22. The highest BCUT2D eigenvalue weighted by Gasteiger charge is 2.23. The summed E-state index contributed by atoms with van der Waals surface area (Å²) < 4.78 is 6.88. The van der Waals surface area contributed by atoms with Crippen molar-refractivity contribution in [3.8, 4) is 0 Å². The highest BCUT2D eigenvalue weighted by atomic mass is 16.6. The fourth-order valence-electron chi connectivity index (χ4n) is 2.22. The smallest absolute Gasteiger partial charge is 0.304 e. The molecule has 1 aromatic rings. The highest BCUT2D eigenvalue weighted by molar-refractivity contribution is 5.65. The fourth-order valence-corrected chi connectivity index (χ4v) is 2.22. The van der Waals surface area contributed by atoms with Gasteiger partial charge in [0.25, 0.3) is 0 Å². The standard InChI is InChI=1S/C11H17N3O2/c1-7(16-8(2)15)14-11-5-3-4-10(12)9(11)6-13-14/h6-7,10H,3-5,12H2,1-2H3. The van der Waals surface area contributed by atoms with Crippen LogP contribution in [0.3, 0.4) is 0 Å². The molecule has 0 aromatic carbocycles. The van der Waals surface area contributed by atoms with Gasteiger partial charge < -0.3 is 10.5 Å². The Bertz CT molecular complexity index is 400. The summed E-state index contributed by atoms with van der Waals surface area (Å²) >= 11 is 0. The average molecular weight is 223 g/mol. The molecule has 0 saturated heterocycles. The zero-order chi connectivity index (χ0) is 11.7. The molecule has 1 heterocycles. The van der Waals surface area contributed by atoms with E-state index in [1.165, 1.54) is 6.92 Å². The topological polar surface area (TPSA) is 70.1 Å². The van der Waals surface area contributed by atoms with Crippen LogP contribution in [-0.2, 0) is 16.0 Å². The number of carbonyl (C=O) groups excluding carboxylic acids is 1. The predicted molar refractivity (Wildman–Crippen MR) is 58.6 cm³/mol. The number of nitrogens with zero attached hydrogens (tertiary/aromatic N) is 2. The molecule has 0 spiro atoms. The van der Waals surface area contributed by atoms with Crippen LogP contribution in [0.5, 0.6) is 0 Å². The fraction of sp³-hybridized carbons (Fsp3) is 0.636. The molecule has 5 nitrogen and oxygen atoms in total. The minimum Gasteiger partial charge on any atom is -0.440 e. The number of aromatic nitrogens is 2. The summed E-state index contributed by atoms with van der Waals surface area (Å²) in [5.41, 5.74) is 8.19. The lowest BCUT2D eigenvalue weighted by molar-refractivity contribution is -0.150. The Morgan fingerprint density at radius 3 is 3.19 bits per heavy atom. The molecule has 0 amide bonds. The van der Waals surface area contributed by atoms with Gasteiger partial charge in [-0.15, -0.1) is 0 Å². The first-order chi connectivity index (χ1) is 7.59. The molecule has 5 heteroatoms. The summed E-state index contributed by atoms with van der Waals surface area (Å²) in [6.07, 6.45) is 4.45. The molecule has 16 heavy (non-hydrogen) atoms. The lowest BCUT2D eigenvalue weighted by atomic mass is 9.94. The summed E-state index contributed by atoms with van der Waals surface area (Å²) in [5.74, 6) is -0.295. The molecule has 2 atom stereocenters. The Morgan fingerprint density at radius 1 is 1.75 bits per heavy atom. The minimum atomic E-state index is -0.355. The first-order valence-electron chi connectivity index (χ1n) is 5.58. The lowest BCUT2D eigenvalue weighted by Crippen LogP contribution is -2.21. The number of esters is 1. The number of fused-ring (bicyclic) bond motifs is 1. The van der Waals surface area contributed by atoms with Crippen molar-refractivity contribution < 1.29 is 9.53 Å². The van der Waals surface area contributed by atoms with Gasteiger partial charge in [0.2, 0.25) is 0 Å². The van der Waals surface area contributed by atoms with E-state index in [9.17, 15) is 4.79 Å². The quantitative estimate of drug-likeness (QED) is 0.767. The number of rotatable bonds is 2. The number of hydrogen-bond acceptors (Lipinski definition) is 4. The molecule has 1 aliphatic rings. The van der Waals surface area contributed by atoms with Gasteiger partial charge in [0.1, 0.15) is 0 Å². The Balaban J connectivity index is 2.25. The van der Waals surface area contributed by atoms with Crippen LogP contribution in [0.25, 0.3) is 0 Å². The van der Waals surface area contributed by atoms with E-state index in [-0.39, 0.29) is 18.2 Å². The SMILES string of the molecule is CC(=O)OC(C)n1ncc2c1CCCC2N. The average Bonchev–Trinajstić information content (AvgIpc) is 2.61. The number of ether oxygens (including phenoxy) is 1. The van der Waals surface area contributed by atoms with Crippen molar-refractivity contribution in [2.45, 2.75) is 45.4 Å². The van der Waals surface area contributed by atoms with Gasteiger partial charge in [-0.2, -0.15) is 5.10 Å². The van der Waals surface area contributed by atoms with Gasteiger partial charge in [-0.05, 0) is 26.2 Å². The Kier molecular flexibility index (Phi) is 2.96. The molecule has 1 aromatic heterocycles. The van der Waals surface area contributed by atoms with Gasteiger partial charge in [0.05, 0.1) is 6.20 Å². The lowest BCUT2D eigenvalue weighted by Gasteiger charge is -2.21. The first kappa shape index (κ1) is 11.1. The molecule has 2 unspecified atom stereocenters. The summed E-state index contributed by atoms with van der Waals surface area (Å²) in [7, 11) is 0. The third-order valence-corrected chi connectivity index (χ3v) is 2.94. The molecule has 2 N–H and O–H groups in total. The number of carbonyl (C=O) groups is 1. The molecule has 0 aliphatic heterocycles. The van der Waals surface area contributed by atoms with Crippen LogP contribution < -0.4 is 5.73 Å². The van der Waals surface area contributed by atoms with Crippen LogP contribution >= 0.6 is 0 Å². The molecule has 0 radical (unpaired) electrons. The second-order valence-electron chi connectivity index (χ2n) is 4.20. The van der Waals surface area contributed by atoms with Crippen molar-refractivity contribution in [3.63, 3.8) is 0 Å². The highest BCUT2D eigenvalue weighted by Crippen LogP contribution is 2.29. The zero-order valence-electron chi connectivity index (χ0n) is 9.64. The van der Waals surface area contributed by atoms with Crippen LogP contribution in [0.1, 0.15) is 50.2 Å². The van der Waals surface area contributed by atoms with E-state index in [4.69, 9.17) is 10.5 Å². The second-order valence-corrected chi connectivity index (χ2v) is 4.20. The van der Waals surface area contributed by atoms with Crippen molar-refractivity contribution >= 4 is 5.97 Å². The van der Waals surface area contributed by atoms with E-state index in [0.29, 0.717) is 0 Å². The van der Waals surface area contributed by atoms with E-state index < -0.39 is 0 Å². The van der Waals surface area contributed by atoms with E-state index in [1.54, 1.807) is 10.9 Å². The van der Waals surface area contributed by atoms with Gasteiger partial charge in [0.15, 0.2) is 6.23 Å². The van der Waals surface area contributed by atoms with Crippen LogP contribution in [0.4, 0.5) is 0 Å². The summed E-state index contributed by atoms with van der Waals surface area (Å²) in [6, 6.07) is 0.0713. The van der Waals surface area contributed by atoms with Gasteiger partial charge in [0, 0.05) is 24.2 Å². The van der Waals surface area contributed by atoms with E-state index in [0.717, 1.165) is 30.5 Å². The summed E-state index contributed by atoms with van der Waals surface area (Å²) in [4.78, 5) is 10.9. The van der Waals surface area contributed by atoms with E-state index in [2.05, 4.69) is 5.10 Å². The van der Waals surface area contributed by atoms with Crippen molar-refractivity contribution in [3.05, 3.63) is 17.5 Å². The second kappa shape index (κ2) is 4.25. The molecule has 88 valence electrons. The molecule has 0 fully saturated rings. The zero-order valence-corrected chi connectivity index (χ0v) is 9.64. The van der Waals surface area contributed by atoms with Gasteiger partial charge >= 0.3 is 5.97 Å². The summed E-state index contributed by atoms with van der Waals surface area (Å²) in [5, 5.41) is 4.26. The van der Waals surface area contributed by atoms with Crippen molar-refractivity contribution in [1.82, 2.24) is 9.78 Å². The van der Waals surface area contributed by atoms with E-state index in [1.807, 2.05) is 6.92 Å². The van der Waals surface area contributed by atoms with Crippen molar-refractivity contribution in [2.75, 3.05) is 0 Å². The van der Waals surface area contributed by atoms with Crippen LogP contribution in [0, 0.1) is 0 Å². The molecular formula is C11H17N3O2. The third kappa shape index (κ3) is 1.95.